The number of aliphatic hydroxyl groups is 1. The molecule has 0 aliphatic heterocycles. The lowest BCUT2D eigenvalue weighted by Crippen LogP contribution is -2.34. The van der Waals surface area contributed by atoms with Crippen LogP contribution in [0.4, 0.5) is 0 Å². The topological polar surface area (TPSA) is 38.7 Å². The van der Waals surface area contributed by atoms with Gasteiger partial charge in [0.25, 0.3) is 0 Å². The molecule has 0 aromatic heterocycles. The molecule has 0 spiro atoms. The summed E-state index contributed by atoms with van der Waals surface area (Å²) in [7, 11) is 2.42. The van der Waals surface area contributed by atoms with Gasteiger partial charge in [-0.05, 0) is 24.3 Å². The third kappa shape index (κ3) is 9.21. The number of rotatable bonds is 7. The van der Waals surface area contributed by atoms with Crippen LogP contribution in [0.25, 0.3) is 0 Å². The molecule has 0 radical (unpaired) electrons. The maximum absolute atomic E-state index is 8.62. The van der Waals surface area contributed by atoms with Gasteiger partial charge < -0.3 is 14.6 Å². The van der Waals surface area contributed by atoms with Crippen LogP contribution >= 0.6 is 9.24 Å². The van der Waals surface area contributed by atoms with Crippen LogP contribution in [0.1, 0.15) is 32.3 Å². The molecule has 21 heavy (non-hydrogen) atoms. The summed E-state index contributed by atoms with van der Waals surface area (Å²) in [4.78, 5) is 0. The van der Waals surface area contributed by atoms with E-state index in [1.807, 2.05) is 38.7 Å². The standard InChI is InChI=1S/C14H20O3.C2H6.CH5P/c15-6-7-17-14-8-13(9-14)11-16-10-12-4-2-1-3-5-12;2*1-2/h1-5,13-15H,6-11H2;1-2H3;2H2,1H3. The van der Waals surface area contributed by atoms with Gasteiger partial charge in [-0.1, -0.05) is 50.8 Å². The summed E-state index contributed by atoms with van der Waals surface area (Å²) in [6.07, 6.45) is 2.47. The molecule has 1 saturated carbocycles. The van der Waals surface area contributed by atoms with Gasteiger partial charge in [0.2, 0.25) is 0 Å². The van der Waals surface area contributed by atoms with E-state index in [9.17, 15) is 0 Å². The first kappa shape index (κ1) is 20.5. The van der Waals surface area contributed by atoms with E-state index >= 15 is 0 Å². The van der Waals surface area contributed by atoms with Gasteiger partial charge in [0, 0.05) is 0 Å². The average Bonchev–Trinajstić information content (AvgIpc) is 2.53. The molecule has 1 aliphatic carbocycles. The average molecular weight is 314 g/mol. The van der Waals surface area contributed by atoms with Crippen LogP contribution in [0.5, 0.6) is 0 Å². The number of aliphatic hydroxyl groups excluding tert-OH is 1. The fraction of sp³-hybridized carbons (Fsp3) is 0.647. The van der Waals surface area contributed by atoms with E-state index in [0.717, 1.165) is 19.4 Å². The minimum atomic E-state index is 0.117. The molecule has 122 valence electrons. The summed E-state index contributed by atoms with van der Waals surface area (Å²) < 4.78 is 11.1. The molecule has 1 aliphatic rings. The Bertz CT molecular complexity index is 313. The monoisotopic (exact) mass is 314 g/mol. The lowest BCUT2D eigenvalue weighted by Gasteiger charge is -2.34. The van der Waals surface area contributed by atoms with Crippen LogP contribution in [0.15, 0.2) is 30.3 Å². The van der Waals surface area contributed by atoms with Gasteiger partial charge >= 0.3 is 0 Å². The molecule has 0 amide bonds. The normalized spacial score (nSPS) is 19.5. The summed E-state index contributed by atoms with van der Waals surface area (Å²) in [5, 5.41) is 8.62. The van der Waals surface area contributed by atoms with Crippen LogP contribution in [-0.2, 0) is 16.1 Å². The lowest BCUT2D eigenvalue weighted by atomic mass is 9.83. The molecule has 1 aromatic rings. The zero-order valence-electron chi connectivity index (χ0n) is 13.6. The van der Waals surface area contributed by atoms with Crippen molar-refractivity contribution in [2.45, 2.75) is 39.4 Å². The van der Waals surface area contributed by atoms with E-state index in [4.69, 9.17) is 14.6 Å². The molecule has 1 aromatic carbocycles. The molecule has 0 bridgehead atoms. The molecule has 0 saturated heterocycles. The van der Waals surface area contributed by atoms with Crippen molar-refractivity contribution in [3.05, 3.63) is 35.9 Å². The first-order valence-corrected chi connectivity index (χ1v) is 8.96. The molecule has 3 nitrogen and oxygen atoms in total. The predicted octanol–water partition coefficient (Wildman–Crippen LogP) is 3.51. The minimum absolute atomic E-state index is 0.117. The van der Waals surface area contributed by atoms with Crippen molar-refractivity contribution >= 4 is 9.24 Å². The van der Waals surface area contributed by atoms with Crippen molar-refractivity contribution < 1.29 is 14.6 Å². The number of benzene rings is 1. The molecule has 1 N–H and O–H groups in total. The largest absolute Gasteiger partial charge is 0.394 e. The Morgan fingerprint density at radius 1 is 1.14 bits per heavy atom. The molecule has 2 rings (SSSR count). The Hall–Kier alpha value is -0.470. The highest BCUT2D eigenvalue weighted by Crippen LogP contribution is 2.30. The quantitative estimate of drug-likeness (QED) is 0.783. The smallest absolute Gasteiger partial charge is 0.0717 e. The second kappa shape index (κ2) is 14.5. The van der Waals surface area contributed by atoms with Crippen LogP contribution in [-0.4, -0.2) is 37.7 Å². The number of ether oxygens (including phenoxy) is 2. The van der Waals surface area contributed by atoms with Crippen LogP contribution in [0.3, 0.4) is 0 Å². The maximum Gasteiger partial charge on any atom is 0.0717 e. The maximum atomic E-state index is 8.62. The van der Waals surface area contributed by atoms with Gasteiger partial charge in [0.05, 0.1) is 32.5 Å². The van der Waals surface area contributed by atoms with Crippen molar-refractivity contribution in [1.82, 2.24) is 0 Å². The van der Waals surface area contributed by atoms with Crippen molar-refractivity contribution in [1.29, 1.82) is 0 Å². The van der Waals surface area contributed by atoms with Crippen molar-refractivity contribution in [2.24, 2.45) is 5.92 Å². The van der Waals surface area contributed by atoms with E-state index in [2.05, 4.69) is 21.4 Å². The van der Waals surface area contributed by atoms with Crippen molar-refractivity contribution in [3.8, 4) is 0 Å². The van der Waals surface area contributed by atoms with Gasteiger partial charge in [0.1, 0.15) is 0 Å². The number of hydrogen-bond acceptors (Lipinski definition) is 3. The van der Waals surface area contributed by atoms with E-state index < -0.39 is 0 Å². The lowest BCUT2D eigenvalue weighted by molar-refractivity contribution is -0.0662. The molecule has 1 unspecified atom stereocenters. The van der Waals surface area contributed by atoms with E-state index in [0.29, 0.717) is 25.2 Å². The summed E-state index contributed by atoms with van der Waals surface area (Å²) in [6, 6.07) is 10.2. The zero-order chi connectivity index (χ0) is 15.9. The van der Waals surface area contributed by atoms with Gasteiger partial charge in [-0.25, -0.2) is 0 Å². The summed E-state index contributed by atoms with van der Waals surface area (Å²) in [6.45, 7) is 8.00. The Labute approximate surface area is 132 Å². The van der Waals surface area contributed by atoms with Crippen molar-refractivity contribution in [2.75, 3.05) is 26.5 Å². The Balaban J connectivity index is 0.000000921. The highest BCUT2D eigenvalue weighted by atomic mass is 31.0. The van der Waals surface area contributed by atoms with Gasteiger partial charge in [-0.15, -0.1) is 9.24 Å². The van der Waals surface area contributed by atoms with E-state index in [1.54, 1.807) is 0 Å². The number of hydrogen-bond donors (Lipinski definition) is 1. The SMILES string of the molecule is CC.CP.OCCOC1CC(COCc2ccccc2)C1. The molecule has 4 heteroatoms. The summed E-state index contributed by atoms with van der Waals surface area (Å²) in [5.41, 5.74) is 1.22. The Kier molecular flexibility index (Phi) is 14.1. The summed E-state index contributed by atoms with van der Waals surface area (Å²) in [5.74, 6) is 0.627. The Morgan fingerprint density at radius 3 is 2.33 bits per heavy atom. The fourth-order valence-corrected chi connectivity index (χ4v) is 2.08. The fourth-order valence-electron chi connectivity index (χ4n) is 2.08. The minimum Gasteiger partial charge on any atom is -0.394 e. The van der Waals surface area contributed by atoms with Crippen molar-refractivity contribution in [3.63, 3.8) is 0 Å². The molecule has 1 atom stereocenters. The van der Waals surface area contributed by atoms with Gasteiger partial charge in [-0.3, -0.25) is 0 Å². The second-order valence-electron chi connectivity index (χ2n) is 4.55. The van der Waals surface area contributed by atoms with Gasteiger partial charge in [0.15, 0.2) is 0 Å². The highest BCUT2D eigenvalue weighted by molar-refractivity contribution is 7.15. The first-order chi connectivity index (χ1) is 10.4. The predicted molar refractivity (Wildman–Crippen MR) is 92.6 cm³/mol. The Morgan fingerprint density at radius 2 is 1.76 bits per heavy atom. The second-order valence-corrected chi connectivity index (χ2v) is 4.55. The summed E-state index contributed by atoms with van der Waals surface area (Å²) >= 11 is 0. The molecule has 0 heterocycles. The third-order valence-corrected chi connectivity index (χ3v) is 3.10. The van der Waals surface area contributed by atoms with Crippen LogP contribution in [0.2, 0.25) is 0 Å². The van der Waals surface area contributed by atoms with E-state index in [-0.39, 0.29) is 6.61 Å². The molecular weight excluding hydrogens is 283 g/mol. The van der Waals surface area contributed by atoms with E-state index in [1.165, 1.54) is 5.56 Å². The van der Waals surface area contributed by atoms with Gasteiger partial charge in [-0.2, -0.15) is 0 Å². The highest BCUT2D eigenvalue weighted by Gasteiger charge is 2.29. The molecular formula is C17H31O3P. The molecule has 1 fully saturated rings. The van der Waals surface area contributed by atoms with Crippen LogP contribution in [0, 0.1) is 5.92 Å². The zero-order valence-corrected chi connectivity index (χ0v) is 14.8. The third-order valence-electron chi connectivity index (χ3n) is 3.10. The van der Waals surface area contributed by atoms with Crippen LogP contribution < -0.4 is 0 Å². The first-order valence-electron chi connectivity index (χ1n) is 7.80.